The van der Waals surface area contributed by atoms with Gasteiger partial charge in [0.15, 0.2) is 0 Å². The van der Waals surface area contributed by atoms with Gasteiger partial charge in [0.05, 0.1) is 10.7 Å². The molecule has 1 heterocycles. The molecule has 96 valence electrons. The molecule has 0 aliphatic heterocycles. The predicted molar refractivity (Wildman–Crippen MR) is 77.2 cm³/mol. The minimum absolute atomic E-state index is 0.122. The zero-order valence-electron chi connectivity index (χ0n) is 9.99. The first-order valence-corrected chi connectivity index (χ1v) is 7.42. The van der Waals surface area contributed by atoms with E-state index in [-0.39, 0.29) is 11.9 Å². The smallest absolute Gasteiger partial charge is 0.132 e. The first-order valence-electron chi connectivity index (χ1n) is 5.75. The Hall–Kier alpha value is -0.780. The van der Waals surface area contributed by atoms with Crippen molar-refractivity contribution in [1.29, 1.82) is 0 Å². The van der Waals surface area contributed by atoms with Gasteiger partial charge in [-0.1, -0.05) is 22.9 Å². The second-order valence-electron chi connectivity index (χ2n) is 4.12. The standard InChI is InChI=1S/C13H14BrFN2S/c1-2-9(16)6-13-17-12(7-18-13)10-5-8(14)3-4-11(10)15/h3-5,7,9H,2,6,16H2,1H3. The number of hydrogen-bond acceptors (Lipinski definition) is 3. The molecule has 0 aliphatic carbocycles. The van der Waals surface area contributed by atoms with Crippen LogP contribution < -0.4 is 5.73 Å². The summed E-state index contributed by atoms with van der Waals surface area (Å²) in [5.41, 5.74) is 7.09. The van der Waals surface area contributed by atoms with Gasteiger partial charge in [-0.05, 0) is 24.6 Å². The number of hydrogen-bond donors (Lipinski definition) is 1. The Labute approximate surface area is 118 Å². The number of nitrogens with two attached hydrogens (primary N) is 1. The van der Waals surface area contributed by atoms with Crippen molar-refractivity contribution in [3.63, 3.8) is 0 Å². The Morgan fingerprint density at radius 2 is 2.28 bits per heavy atom. The van der Waals surface area contributed by atoms with Crippen molar-refractivity contribution in [3.05, 3.63) is 38.9 Å². The molecule has 0 bridgehead atoms. The largest absolute Gasteiger partial charge is 0.327 e. The highest BCUT2D eigenvalue weighted by molar-refractivity contribution is 9.10. The van der Waals surface area contributed by atoms with Gasteiger partial charge >= 0.3 is 0 Å². The van der Waals surface area contributed by atoms with E-state index in [0.717, 1.165) is 22.3 Å². The lowest BCUT2D eigenvalue weighted by molar-refractivity contribution is 0.629. The van der Waals surface area contributed by atoms with Gasteiger partial charge < -0.3 is 5.73 Å². The molecule has 2 rings (SSSR count). The number of benzene rings is 1. The Balaban J connectivity index is 2.26. The van der Waals surface area contributed by atoms with E-state index in [1.54, 1.807) is 12.1 Å². The average molecular weight is 329 g/mol. The monoisotopic (exact) mass is 328 g/mol. The third-order valence-corrected chi connectivity index (χ3v) is 4.08. The lowest BCUT2D eigenvalue weighted by Gasteiger charge is -2.04. The molecular weight excluding hydrogens is 315 g/mol. The lowest BCUT2D eigenvalue weighted by atomic mass is 10.1. The Kier molecular flexibility index (Phi) is 4.48. The molecule has 2 nitrogen and oxygen atoms in total. The van der Waals surface area contributed by atoms with Crippen LogP contribution in [0.2, 0.25) is 0 Å². The normalized spacial score (nSPS) is 12.7. The van der Waals surface area contributed by atoms with Crippen molar-refractivity contribution in [1.82, 2.24) is 4.98 Å². The topological polar surface area (TPSA) is 38.9 Å². The highest BCUT2D eigenvalue weighted by atomic mass is 79.9. The summed E-state index contributed by atoms with van der Waals surface area (Å²) >= 11 is 4.87. The van der Waals surface area contributed by atoms with Crippen molar-refractivity contribution in [2.24, 2.45) is 5.73 Å². The van der Waals surface area contributed by atoms with Crippen LogP contribution in [0.15, 0.2) is 28.1 Å². The van der Waals surface area contributed by atoms with Crippen molar-refractivity contribution in [2.75, 3.05) is 0 Å². The first-order chi connectivity index (χ1) is 8.60. The molecule has 5 heteroatoms. The van der Waals surface area contributed by atoms with Crippen molar-refractivity contribution < 1.29 is 4.39 Å². The van der Waals surface area contributed by atoms with E-state index < -0.39 is 0 Å². The number of aromatic nitrogens is 1. The van der Waals surface area contributed by atoms with E-state index in [2.05, 4.69) is 20.9 Å². The van der Waals surface area contributed by atoms with E-state index in [0.29, 0.717) is 11.3 Å². The Morgan fingerprint density at radius 3 is 3.00 bits per heavy atom. The molecule has 0 fully saturated rings. The summed E-state index contributed by atoms with van der Waals surface area (Å²) in [6, 6.07) is 4.99. The van der Waals surface area contributed by atoms with Crippen molar-refractivity contribution in [2.45, 2.75) is 25.8 Å². The van der Waals surface area contributed by atoms with Gasteiger partial charge in [0, 0.05) is 27.9 Å². The predicted octanol–water partition coefficient (Wildman–Crippen LogP) is 3.99. The van der Waals surface area contributed by atoms with E-state index in [9.17, 15) is 4.39 Å². The first kappa shape index (κ1) is 13.6. The van der Waals surface area contributed by atoms with Crippen LogP contribution in [0.3, 0.4) is 0 Å². The lowest BCUT2D eigenvalue weighted by Crippen LogP contribution is -2.21. The molecule has 0 aliphatic rings. The third-order valence-electron chi connectivity index (χ3n) is 2.72. The zero-order chi connectivity index (χ0) is 13.1. The van der Waals surface area contributed by atoms with E-state index in [1.165, 1.54) is 17.4 Å². The van der Waals surface area contributed by atoms with Gasteiger partial charge in [0.1, 0.15) is 5.82 Å². The Morgan fingerprint density at radius 1 is 1.50 bits per heavy atom. The van der Waals surface area contributed by atoms with Crippen molar-refractivity contribution in [3.8, 4) is 11.3 Å². The second-order valence-corrected chi connectivity index (χ2v) is 5.98. The van der Waals surface area contributed by atoms with Gasteiger partial charge in [-0.2, -0.15) is 0 Å². The third kappa shape index (κ3) is 3.16. The number of halogens is 2. The maximum Gasteiger partial charge on any atom is 0.132 e. The summed E-state index contributed by atoms with van der Waals surface area (Å²) in [4.78, 5) is 4.45. The quantitative estimate of drug-likeness (QED) is 0.921. The summed E-state index contributed by atoms with van der Waals surface area (Å²) in [5.74, 6) is -0.255. The summed E-state index contributed by atoms with van der Waals surface area (Å²) in [5, 5.41) is 2.83. The molecule has 0 radical (unpaired) electrons. The molecule has 0 amide bonds. The molecular formula is C13H14BrFN2S. The van der Waals surface area contributed by atoms with Gasteiger partial charge in [-0.15, -0.1) is 11.3 Å². The Bertz CT molecular complexity index is 542. The highest BCUT2D eigenvalue weighted by Crippen LogP contribution is 2.27. The molecule has 0 saturated carbocycles. The SMILES string of the molecule is CCC(N)Cc1nc(-c2cc(Br)ccc2F)cs1. The second kappa shape index (κ2) is 5.91. The van der Waals surface area contributed by atoms with Gasteiger partial charge in [-0.3, -0.25) is 0 Å². The van der Waals surface area contributed by atoms with Crippen LogP contribution >= 0.6 is 27.3 Å². The fourth-order valence-corrected chi connectivity index (χ4v) is 2.84. The van der Waals surface area contributed by atoms with Crippen LogP contribution in [0.5, 0.6) is 0 Å². The van der Waals surface area contributed by atoms with Gasteiger partial charge in [0.25, 0.3) is 0 Å². The molecule has 1 unspecified atom stereocenters. The van der Waals surface area contributed by atoms with Gasteiger partial charge in [0.2, 0.25) is 0 Å². The van der Waals surface area contributed by atoms with Crippen LogP contribution in [0.4, 0.5) is 4.39 Å². The van der Waals surface area contributed by atoms with Crippen molar-refractivity contribution >= 4 is 27.3 Å². The molecule has 18 heavy (non-hydrogen) atoms. The number of nitrogens with zero attached hydrogens (tertiary/aromatic N) is 1. The minimum atomic E-state index is -0.255. The maximum absolute atomic E-state index is 13.7. The van der Waals surface area contributed by atoms with Gasteiger partial charge in [-0.25, -0.2) is 9.37 Å². The average Bonchev–Trinajstić information content (AvgIpc) is 2.80. The number of rotatable bonds is 4. The maximum atomic E-state index is 13.7. The summed E-state index contributed by atoms with van der Waals surface area (Å²) in [7, 11) is 0. The van der Waals surface area contributed by atoms with Crippen LogP contribution in [0.1, 0.15) is 18.4 Å². The molecule has 0 saturated heterocycles. The fourth-order valence-electron chi connectivity index (χ4n) is 1.59. The summed E-state index contributed by atoms with van der Waals surface area (Å²) in [6.45, 7) is 2.05. The molecule has 1 aromatic carbocycles. The minimum Gasteiger partial charge on any atom is -0.327 e. The fraction of sp³-hybridized carbons (Fsp3) is 0.308. The van der Waals surface area contributed by atoms with Crippen LogP contribution in [0.25, 0.3) is 11.3 Å². The zero-order valence-corrected chi connectivity index (χ0v) is 12.4. The van der Waals surface area contributed by atoms with E-state index in [1.807, 2.05) is 12.3 Å². The molecule has 0 spiro atoms. The molecule has 1 atom stereocenters. The number of thiazole rings is 1. The summed E-state index contributed by atoms with van der Waals surface area (Å²) < 4.78 is 14.6. The molecule has 2 N–H and O–H groups in total. The molecule has 2 aromatic rings. The van der Waals surface area contributed by atoms with E-state index in [4.69, 9.17) is 5.73 Å². The van der Waals surface area contributed by atoms with Crippen LogP contribution in [-0.4, -0.2) is 11.0 Å². The van der Waals surface area contributed by atoms with Crippen LogP contribution in [-0.2, 0) is 6.42 Å². The van der Waals surface area contributed by atoms with E-state index >= 15 is 0 Å². The molecule has 1 aromatic heterocycles. The highest BCUT2D eigenvalue weighted by Gasteiger charge is 2.11. The summed E-state index contributed by atoms with van der Waals surface area (Å²) in [6.07, 6.45) is 1.66. The van der Waals surface area contributed by atoms with Crippen LogP contribution in [0, 0.1) is 5.82 Å².